The molecule has 0 aliphatic carbocycles. The fraction of sp³-hybridized carbons (Fsp3) is 0.308. The van der Waals surface area contributed by atoms with Crippen LogP contribution in [0.4, 0.5) is 13.2 Å². The number of halogens is 3. The molecule has 10 heteroatoms. The maximum absolute atomic E-state index is 12.1. The first kappa shape index (κ1) is 17.4. The number of aromatic nitrogens is 2. The first-order chi connectivity index (χ1) is 10.7. The number of hydrogen-bond donors (Lipinski definition) is 2. The lowest BCUT2D eigenvalue weighted by atomic mass is 10.2. The Bertz CT molecular complexity index is 772. The fourth-order valence-corrected chi connectivity index (χ4v) is 2.63. The molecule has 0 unspecified atom stereocenters. The summed E-state index contributed by atoms with van der Waals surface area (Å²) in [6, 6.07) is 8.64. The molecule has 2 N–H and O–H groups in total. The quantitative estimate of drug-likeness (QED) is 0.834. The van der Waals surface area contributed by atoms with Crippen LogP contribution < -0.4 is 9.44 Å². The minimum Gasteiger partial charge on any atom is -0.240 e. The minimum absolute atomic E-state index is 0.164. The SMILES string of the molecule is Cc1ccn(-c2ccccc2CNS(=O)(=O)NCC(F)(F)F)n1. The monoisotopic (exact) mass is 348 g/mol. The maximum Gasteiger partial charge on any atom is 0.402 e. The molecule has 0 aliphatic heterocycles. The number of alkyl halides is 3. The molecule has 0 saturated heterocycles. The van der Waals surface area contributed by atoms with Gasteiger partial charge in [-0.2, -0.15) is 36.1 Å². The molecule has 0 aliphatic rings. The molecule has 1 heterocycles. The molecular formula is C13H15F3N4O2S. The molecule has 6 nitrogen and oxygen atoms in total. The molecule has 0 fully saturated rings. The van der Waals surface area contributed by atoms with Crippen molar-refractivity contribution >= 4 is 10.2 Å². The number of hydrogen-bond acceptors (Lipinski definition) is 3. The van der Waals surface area contributed by atoms with Crippen molar-refractivity contribution < 1.29 is 21.6 Å². The highest BCUT2D eigenvalue weighted by atomic mass is 32.2. The van der Waals surface area contributed by atoms with Crippen molar-refractivity contribution in [3.8, 4) is 5.69 Å². The molecule has 0 saturated carbocycles. The topological polar surface area (TPSA) is 76.0 Å². The zero-order valence-electron chi connectivity index (χ0n) is 12.1. The van der Waals surface area contributed by atoms with Gasteiger partial charge in [0.15, 0.2) is 0 Å². The van der Waals surface area contributed by atoms with Gasteiger partial charge in [0, 0.05) is 12.7 Å². The molecule has 0 spiro atoms. The Morgan fingerprint density at radius 3 is 2.48 bits per heavy atom. The largest absolute Gasteiger partial charge is 0.402 e. The second-order valence-electron chi connectivity index (χ2n) is 4.79. The van der Waals surface area contributed by atoms with E-state index in [1.54, 1.807) is 41.2 Å². The summed E-state index contributed by atoms with van der Waals surface area (Å²) in [5.41, 5.74) is 2.00. The van der Waals surface area contributed by atoms with Crippen LogP contribution in [0, 0.1) is 6.92 Å². The summed E-state index contributed by atoms with van der Waals surface area (Å²) < 4.78 is 64.4. The number of rotatable bonds is 6. The van der Waals surface area contributed by atoms with Gasteiger partial charge in [-0.3, -0.25) is 0 Å². The standard InChI is InChI=1S/C13H15F3N4O2S/c1-10-6-7-20(19-10)12-5-3-2-4-11(12)8-17-23(21,22)18-9-13(14,15)16/h2-7,17-18H,8-9H2,1H3. The average Bonchev–Trinajstić information content (AvgIpc) is 2.89. The predicted octanol–water partition coefficient (Wildman–Crippen LogP) is 1.67. The molecule has 2 aromatic rings. The van der Waals surface area contributed by atoms with Crippen LogP contribution in [0.5, 0.6) is 0 Å². The Kier molecular flexibility index (Phi) is 5.07. The number of para-hydroxylation sites is 1. The van der Waals surface area contributed by atoms with E-state index in [2.05, 4.69) is 9.82 Å². The predicted molar refractivity (Wildman–Crippen MR) is 78.1 cm³/mol. The van der Waals surface area contributed by atoms with Crippen LogP contribution in [0.3, 0.4) is 0 Å². The Hall–Kier alpha value is -1.91. The molecule has 1 aromatic carbocycles. The van der Waals surface area contributed by atoms with Crippen LogP contribution in [-0.2, 0) is 16.8 Å². The van der Waals surface area contributed by atoms with Gasteiger partial charge in [-0.1, -0.05) is 18.2 Å². The number of benzene rings is 1. The van der Waals surface area contributed by atoms with E-state index in [4.69, 9.17) is 0 Å². The van der Waals surface area contributed by atoms with Crippen molar-refractivity contribution in [1.82, 2.24) is 19.2 Å². The van der Waals surface area contributed by atoms with E-state index in [1.807, 2.05) is 6.92 Å². The van der Waals surface area contributed by atoms with Crippen LogP contribution in [0.1, 0.15) is 11.3 Å². The third kappa shape index (κ3) is 5.34. The summed E-state index contributed by atoms with van der Waals surface area (Å²) in [7, 11) is -4.26. The van der Waals surface area contributed by atoms with Gasteiger partial charge in [-0.15, -0.1) is 0 Å². The number of aryl methyl sites for hydroxylation is 1. The third-order valence-electron chi connectivity index (χ3n) is 2.88. The van der Waals surface area contributed by atoms with Crippen LogP contribution in [0.2, 0.25) is 0 Å². The highest BCUT2D eigenvalue weighted by Crippen LogP contribution is 2.15. The van der Waals surface area contributed by atoms with Crippen molar-refractivity contribution in [3.05, 3.63) is 47.8 Å². The van der Waals surface area contributed by atoms with Crippen molar-refractivity contribution in [2.24, 2.45) is 0 Å². The Morgan fingerprint density at radius 1 is 1.17 bits per heavy atom. The average molecular weight is 348 g/mol. The summed E-state index contributed by atoms with van der Waals surface area (Å²) in [5, 5.41) is 4.23. The van der Waals surface area contributed by atoms with Crippen LogP contribution in [-0.4, -0.2) is 30.9 Å². The van der Waals surface area contributed by atoms with E-state index in [-0.39, 0.29) is 6.54 Å². The number of nitrogens with zero attached hydrogens (tertiary/aromatic N) is 2. The highest BCUT2D eigenvalue weighted by molar-refractivity contribution is 7.87. The van der Waals surface area contributed by atoms with Crippen molar-refractivity contribution in [2.45, 2.75) is 19.6 Å². The van der Waals surface area contributed by atoms with Gasteiger partial charge in [0.2, 0.25) is 0 Å². The Labute approximate surface area is 131 Å². The van der Waals surface area contributed by atoms with Crippen LogP contribution >= 0.6 is 0 Å². The maximum atomic E-state index is 12.1. The molecule has 0 bridgehead atoms. The smallest absolute Gasteiger partial charge is 0.240 e. The number of nitrogens with one attached hydrogen (secondary N) is 2. The second kappa shape index (κ2) is 6.69. The molecule has 0 atom stereocenters. The second-order valence-corrected chi connectivity index (χ2v) is 6.38. The van der Waals surface area contributed by atoms with Gasteiger partial charge < -0.3 is 0 Å². The summed E-state index contributed by atoms with van der Waals surface area (Å²) in [4.78, 5) is 0. The Morgan fingerprint density at radius 2 is 1.87 bits per heavy atom. The van der Waals surface area contributed by atoms with Gasteiger partial charge in [0.25, 0.3) is 10.2 Å². The van der Waals surface area contributed by atoms with Gasteiger partial charge in [-0.25, -0.2) is 4.68 Å². The highest BCUT2D eigenvalue weighted by Gasteiger charge is 2.29. The van der Waals surface area contributed by atoms with Crippen molar-refractivity contribution in [1.29, 1.82) is 0 Å². The zero-order valence-corrected chi connectivity index (χ0v) is 12.9. The lowest BCUT2D eigenvalue weighted by Crippen LogP contribution is -2.41. The van der Waals surface area contributed by atoms with Gasteiger partial charge >= 0.3 is 6.18 Å². The van der Waals surface area contributed by atoms with E-state index in [0.717, 1.165) is 5.69 Å². The first-order valence-corrected chi connectivity index (χ1v) is 8.06. The molecule has 0 radical (unpaired) electrons. The first-order valence-electron chi connectivity index (χ1n) is 6.58. The van der Waals surface area contributed by atoms with Gasteiger partial charge in [0.05, 0.1) is 11.4 Å². The lowest BCUT2D eigenvalue weighted by molar-refractivity contribution is -0.121. The summed E-state index contributed by atoms with van der Waals surface area (Å²) in [6.45, 7) is 0.0213. The zero-order chi connectivity index (χ0) is 17.1. The van der Waals surface area contributed by atoms with E-state index in [1.165, 1.54) is 4.72 Å². The van der Waals surface area contributed by atoms with Crippen LogP contribution in [0.25, 0.3) is 5.69 Å². The van der Waals surface area contributed by atoms with Crippen molar-refractivity contribution in [3.63, 3.8) is 0 Å². The summed E-state index contributed by atoms with van der Waals surface area (Å²) >= 11 is 0. The normalized spacial score (nSPS) is 12.5. The molecule has 23 heavy (non-hydrogen) atoms. The van der Waals surface area contributed by atoms with E-state index in [9.17, 15) is 21.6 Å². The summed E-state index contributed by atoms with van der Waals surface area (Å²) in [6.07, 6.45) is -2.90. The van der Waals surface area contributed by atoms with Gasteiger partial charge in [-0.05, 0) is 24.6 Å². The molecule has 1 aromatic heterocycles. The van der Waals surface area contributed by atoms with Gasteiger partial charge in [0.1, 0.15) is 6.54 Å². The van der Waals surface area contributed by atoms with Crippen molar-refractivity contribution in [2.75, 3.05) is 6.54 Å². The fourth-order valence-electron chi connectivity index (χ4n) is 1.83. The summed E-state index contributed by atoms with van der Waals surface area (Å²) in [5.74, 6) is 0. The van der Waals surface area contributed by atoms with Crippen LogP contribution in [0.15, 0.2) is 36.5 Å². The molecule has 126 valence electrons. The molecule has 2 rings (SSSR count). The Balaban J connectivity index is 2.09. The minimum atomic E-state index is -4.61. The van der Waals surface area contributed by atoms with E-state index >= 15 is 0 Å². The molecule has 0 amide bonds. The molecular weight excluding hydrogens is 333 g/mol. The van der Waals surface area contributed by atoms with E-state index < -0.39 is 22.9 Å². The van der Waals surface area contributed by atoms with E-state index in [0.29, 0.717) is 11.3 Å². The third-order valence-corrected chi connectivity index (χ3v) is 3.92. The lowest BCUT2D eigenvalue weighted by Gasteiger charge is -2.12.